The third kappa shape index (κ3) is 2.42. The number of hydrogen-bond acceptors (Lipinski definition) is 5. The van der Waals surface area contributed by atoms with Crippen LogP contribution in [-0.4, -0.2) is 36.4 Å². The second-order valence-electron chi connectivity index (χ2n) is 3.67. The monoisotopic (exact) mass is 253 g/mol. The second kappa shape index (κ2) is 5.48. The van der Waals surface area contributed by atoms with Crippen LogP contribution in [0.25, 0.3) is 0 Å². The van der Waals surface area contributed by atoms with E-state index in [1.54, 1.807) is 20.8 Å². The van der Waals surface area contributed by atoms with Gasteiger partial charge < -0.3 is 14.5 Å². The van der Waals surface area contributed by atoms with Crippen LogP contribution in [0.3, 0.4) is 0 Å². The highest BCUT2D eigenvalue weighted by Gasteiger charge is 2.29. The number of ketones is 1. The molecule has 98 valence electrons. The number of ether oxygens (including phenoxy) is 2. The van der Waals surface area contributed by atoms with Crippen LogP contribution < -0.4 is 0 Å². The molecule has 18 heavy (non-hydrogen) atoms. The van der Waals surface area contributed by atoms with Crippen molar-refractivity contribution in [3.05, 3.63) is 22.5 Å². The lowest BCUT2D eigenvalue weighted by Crippen LogP contribution is -2.20. The Morgan fingerprint density at radius 1 is 1.11 bits per heavy atom. The molecule has 0 spiro atoms. The Labute approximate surface area is 104 Å². The number of carbonyl (C=O) groups excluding carboxylic acids is 3. The smallest absolute Gasteiger partial charge is 0.379 e. The second-order valence-corrected chi connectivity index (χ2v) is 3.67. The number of esters is 2. The summed E-state index contributed by atoms with van der Waals surface area (Å²) in [5, 5.41) is 0. The number of carbonyl (C=O) groups is 3. The highest BCUT2D eigenvalue weighted by atomic mass is 16.5. The van der Waals surface area contributed by atoms with Gasteiger partial charge in [-0.25, -0.2) is 9.59 Å². The third-order valence-electron chi connectivity index (χ3n) is 2.45. The fourth-order valence-corrected chi connectivity index (χ4v) is 1.72. The van der Waals surface area contributed by atoms with Gasteiger partial charge >= 0.3 is 11.9 Å². The van der Waals surface area contributed by atoms with E-state index in [-0.39, 0.29) is 17.7 Å². The first kappa shape index (κ1) is 14.0. The summed E-state index contributed by atoms with van der Waals surface area (Å²) >= 11 is 0. The number of methoxy groups -OCH3 is 1. The Hall–Kier alpha value is -2.11. The molecule has 1 N–H and O–H groups in total. The topological polar surface area (TPSA) is 85.5 Å². The maximum Gasteiger partial charge on any atom is 0.379 e. The summed E-state index contributed by atoms with van der Waals surface area (Å²) < 4.78 is 9.23. The van der Waals surface area contributed by atoms with Crippen LogP contribution in [0.15, 0.2) is 0 Å². The normalized spacial score (nSPS) is 10.0. The summed E-state index contributed by atoms with van der Waals surface area (Å²) in [6, 6.07) is 0. The zero-order valence-electron chi connectivity index (χ0n) is 10.7. The molecular formula is C12H15NO5. The van der Waals surface area contributed by atoms with Gasteiger partial charge in [0, 0.05) is 11.4 Å². The molecule has 6 heteroatoms. The van der Waals surface area contributed by atoms with Crippen molar-refractivity contribution >= 4 is 17.7 Å². The average Bonchev–Trinajstić information content (AvgIpc) is 2.62. The van der Waals surface area contributed by atoms with Gasteiger partial charge in [0.2, 0.25) is 0 Å². The number of hydrogen-bond donors (Lipinski definition) is 1. The van der Waals surface area contributed by atoms with Crippen molar-refractivity contribution in [2.75, 3.05) is 13.7 Å². The fourth-order valence-electron chi connectivity index (χ4n) is 1.72. The molecule has 0 radical (unpaired) electrons. The largest absolute Gasteiger partial charge is 0.465 e. The molecule has 0 aromatic carbocycles. The molecule has 1 aromatic rings. The van der Waals surface area contributed by atoms with Crippen molar-refractivity contribution < 1.29 is 23.9 Å². The molecule has 1 aromatic heterocycles. The molecule has 0 aliphatic carbocycles. The van der Waals surface area contributed by atoms with Gasteiger partial charge in [-0.1, -0.05) is 0 Å². The molecule has 0 aliphatic heterocycles. The van der Waals surface area contributed by atoms with Crippen LogP contribution in [0.1, 0.15) is 39.0 Å². The molecule has 0 fully saturated rings. The molecule has 0 saturated carbocycles. The van der Waals surface area contributed by atoms with Crippen LogP contribution in [-0.2, 0) is 14.3 Å². The molecule has 1 heterocycles. The number of aryl methyl sites for hydroxylation is 2. The molecule has 0 atom stereocenters. The van der Waals surface area contributed by atoms with E-state index in [0.717, 1.165) is 0 Å². The van der Waals surface area contributed by atoms with E-state index >= 15 is 0 Å². The van der Waals surface area contributed by atoms with Crippen molar-refractivity contribution in [2.24, 2.45) is 0 Å². The Morgan fingerprint density at radius 3 is 2.17 bits per heavy atom. The maximum absolute atomic E-state index is 11.9. The standard InChI is InChI=1S/C12H15NO5/c1-5-18-12(16)10(14)8-6(2)13-7(3)9(8)11(15)17-4/h13H,5H2,1-4H3. The Bertz CT molecular complexity index is 501. The van der Waals surface area contributed by atoms with Crippen molar-refractivity contribution in [3.63, 3.8) is 0 Å². The molecule has 0 bridgehead atoms. The van der Waals surface area contributed by atoms with Crippen molar-refractivity contribution in [1.29, 1.82) is 0 Å². The number of H-pyrrole nitrogens is 1. The first-order chi connectivity index (χ1) is 8.43. The van der Waals surface area contributed by atoms with Crippen molar-refractivity contribution in [2.45, 2.75) is 20.8 Å². The first-order valence-corrected chi connectivity index (χ1v) is 5.42. The summed E-state index contributed by atoms with van der Waals surface area (Å²) in [7, 11) is 1.21. The molecule has 0 aliphatic rings. The lowest BCUT2D eigenvalue weighted by atomic mass is 10.0. The van der Waals surface area contributed by atoms with E-state index < -0.39 is 17.7 Å². The zero-order chi connectivity index (χ0) is 13.9. The number of aromatic nitrogens is 1. The molecule has 0 unspecified atom stereocenters. The van der Waals surface area contributed by atoms with Crippen molar-refractivity contribution in [1.82, 2.24) is 4.98 Å². The van der Waals surface area contributed by atoms with Crippen LogP contribution in [0.4, 0.5) is 0 Å². The van der Waals surface area contributed by atoms with Gasteiger partial charge in [0.15, 0.2) is 0 Å². The lowest BCUT2D eigenvalue weighted by Gasteiger charge is -2.04. The van der Waals surface area contributed by atoms with E-state index in [0.29, 0.717) is 11.4 Å². The first-order valence-electron chi connectivity index (χ1n) is 5.42. The van der Waals surface area contributed by atoms with E-state index in [1.807, 2.05) is 0 Å². The van der Waals surface area contributed by atoms with E-state index in [4.69, 9.17) is 0 Å². The minimum Gasteiger partial charge on any atom is -0.465 e. The van der Waals surface area contributed by atoms with Gasteiger partial charge in [-0.15, -0.1) is 0 Å². The van der Waals surface area contributed by atoms with E-state index in [1.165, 1.54) is 7.11 Å². The Kier molecular flexibility index (Phi) is 4.25. The van der Waals surface area contributed by atoms with E-state index in [9.17, 15) is 14.4 Å². The van der Waals surface area contributed by atoms with Crippen LogP contribution in [0, 0.1) is 13.8 Å². The minimum absolute atomic E-state index is 0.0119. The lowest BCUT2D eigenvalue weighted by molar-refractivity contribution is -0.137. The molecule has 1 rings (SSSR count). The quantitative estimate of drug-likeness (QED) is 0.494. The maximum atomic E-state index is 11.9. The predicted molar refractivity (Wildman–Crippen MR) is 62.6 cm³/mol. The van der Waals surface area contributed by atoms with Crippen molar-refractivity contribution in [3.8, 4) is 0 Å². The van der Waals surface area contributed by atoms with Gasteiger partial charge in [0.25, 0.3) is 5.78 Å². The summed E-state index contributed by atoms with van der Waals surface area (Å²) in [6.07, 6.45) is 0. The van der Waals surface area contributed by atoms with Gasteiger partial charge in [0.1, 0.15) is 0 Å². The van der Waals surface area contributed by atoms with Crippen LogP contribution in [0.5, 0.6) is 0 Å². The summed E-state index contributed by atoms with van der Waals surface area (Å²) in [5.74, 6) is -2.49. The van der Waals surface area contributed by atoms with E-state index in [2.05, 4.69) is 14.5 Å². The molecule has 6 nitrogen and oxygen atoms in total. The fraction of sp³-hybridized carbons (Fsp3) is 0.417. The molecular weight excluding hydrogens is 238 g/mol. The minimum atomic E-state index is -0.982. The summed E-state index contributed by atoms with van der Waals surface area (Å²) in [6.45, 7) is 4.93. The predicted octanol–water partition coefficient (Wildman–Crippen LogP) is 1.16. The molecule has 0 saturated heterocycles. The number of aromatic amines is 1. The van der Waals surface area contributed by atoms with Gasteiger partial charge in [-0.2, -0.15) is 0 Å². The van der Waals surface area contributed by atoms with Crippen LogP contribution >= 0.6 is 0 Å². The van der Waals surface area contributed by atoms with Gasteiger partial charge in [-0.3, -0.25) is 4.79 Å². The average molecular weight is 253 g/mol. The number of Topliss-reactive ketones (excluding diaryl/α,β-unsaturated/α-hetero) is 1. The molecule has 0 amide bonds. The van der Waals surface area contributed by atoms with Gasteiger partial charge in [-0.05, 0) is 20.8 Å². The number of nitrogens with one attached hydrogen (secondary N) is 1. The van der Waals surface area contributed by atoms with Crippen LogP contribution in [0.2, 0.25) is 0 Å². The SMILES string of the molecule is CCOC(=O)C(=O)c1c(C)[nH]c(C)c1C(=O)OC. The summed E-state index contributed by atoms with van der Waals surface area (Å²) in [4.78, 5) is 37.8. The third-order valence-corrected chi connectivity index (χ3v) is 2.45. The highest BCUT2D eigenvalue weighted by molar-refractivity contribution is 6.42. The number of rotatable bonds is 4. The Balaban J connectivity index is 3.27. The van der Waals surface area contributed by atoms with Gasteiger partial charge in [0.05, 0.1) is 24.8 Å². The zero-order valence-corrected chi connectivity index (χ0v) is 10.7. The Morgan fingerprint density at radius 2 is 1.67 bits per heavy atom. The highest BCUT2D eigenvalue weighted by Crippen LogP contribution is 2.20. The summed E-state index contributed by atoms with van der Waals surface area (Å²) in [5.41, 5.74) is 1.00.